The molecule has 2 N–H and O–H groups in total. The maximum Gasteiger partial charge on any atom is 0.323 e. The normalized spacial score (nSPS) is 16.0. The van der Waals surface area contributed by atoms with E-state index in [1.165, 1.54) is 12.4 Å². The Hall–Kier alpha value is -1.85. The number of carbonyl (C=O) groups is 1. The minimum atomic E-state index is -0.943. The monoisotopic (exact) mass is 237 g/mol. The molecule has 0 spiro atoms. The second-order valence-corrected chi connectivity index (χ2v) is 4.20. The Balaban J connectivity index is 2.29. The Kier molecular flexibility index (Phi) is 3.41. The average Bonchev–Trinajstić information content (AvgIpc) is 2.80. The molecule has 0 aliphatic heterocycles. The van der Waals surface area contributed by atoms with Gasteiger partial charge in [0, 0.05) is 18.4 Å². The zero-order valence-corrected chi connectivity index (χ0v) is 9.43. The number of rotatable bonds is 4. The van der Waals surface area contributed by atoms with Crippen LogP contribution in [0.2, 0.25) is 0 Å². The predicted octanol–water partition coefficient (Wildman–Crippen LogP) is 0.603. The maximum atomic E-state index is 11.6. The molecule has 1 aromatic rings. The average molecular weight is 237 g/mol. The van der Waals surface area contributed by atoms with E-state index in [1.54, 1.807) is 4.90 Å². The molecule has 0 amide bonds. The number of carboxylic acids is 1. The number of hydrogen-bond acceptors (Lipinski definition) is 4. The van der Waals surface area contributed by atoms with Crippen LogP contribution in [0.5, 0.6) is 0 Å². The summed E-state index contributed by atoms with van der Waals surface area (Å²) in [6.45, 7) is -0.176. The second-order valence-electron chi connectivity index (χ2n) is 4.20. The van der Waals surface area contributed by atoms with Crippen LogP contribution in [0.1, 0.15) is 25.7 Å². The van der Waals surface area contributed by atoms with Gasteiger partial charge >= 0.3 is 5.97 Å². The first-order valence-corrected chi connectivity index (χ1v) is 5.70. The van der Waals surface area contributed by atoms with Crippen molar-refractivity contribution >= 4 is 11.8 Å². The fourth-order valence-corrected chi connectivity index (χ4v) is 2.29. The number of aromatic nitrogens is 2. The molecular weight excluding hydrogens is 222 g/mol. The van der Waals surface area contributed by atoms with Gasteiger partial charge in [0.1, 0.15) is 6.54 Å². The standard InChI is InChI=1S/C11H15N3O3/c15-9(16)7-14(8-3-1-2-4-8)10-11(17)13-6-5-12-10/h5-6,8H,1-4,7H2,(H,13,17)(H,15,16). The quantitative estimate of drug-likeness (QED) is 0.801. The van der Waals surface area contributed by atoms with E-state index >= 15 is 0 Å². The van der Waals surface area contributed by atoms with E-state index in [2.05, 4.69) is 9.97 Å². The zero-order chi connectivity index (χ0) is 12.3. The van der Waals surface area contributed by atoms with Crippen molar-refractivity contribution in [2.24, 2.45) is 0 Å². The van der Waals surface area contributed by atoms with Crippen LogP contribution in [-0.2, 0) is 4.79 Å². The molecular formula is C11H15N3O3. The summed E-state index contributed by atoms with van der Waals surface area (Å²) in [4.78, 5) is 30.6. The molecule has 1 aromatic heterocycles. The molecule has 1 aliphatic carbocycles. The number of H-pyrrole nitrogens is 1. The molecule has 2 rings (SSSR count). The summed E-state index contributed by atoms with van der Waals surface area (Å²) < 4.78 is 0. The smallest absolute Gasteiger partial charge is 0.323 e. The minimum absolute atomic E-state index is 0.113. The highest BCUT2D eigenvalue weighted by atomic mass is 16.4. The maximum absolute atomic E-state index is 11.6. The van der Waals surface area contributed by atoms with Gasteiger partial charge in [-0.2, -0.15) is 0 Å². The van der Waals surface area contributed by atoms with E-state index in [9.17, 15) is 9.59 Å². The van der Waals surface area contributed by atoms with Crippen molar-refractivity contribution in [3.8, 4) is 0 Å². The molecule has 0 aromatic carbocycles. The number of carboxylic acid groups (broad SMARTS) is 1. The molecule has 6 heteroatoms. The van der Waals surface area contributed by atoms with Crippen molar-refractivity contribution in [2.45, 2.75) is 31.7 Å². The first kappa shape index (κ1) is 11.6. The molecule has 6 nitrogen and oxygen atoms in total. The van der Waals surface area contributed by atoms with E-state index in [4.69, 9.17) is 5.11 Å². The second kappa shape index (κ2) is 4.99. The van der Waals surface area contributed by atoms with Gasteiger partial charge < -0.3 is 15.0 Å². The molecule has 1 fully saturated rings. The first-order chi connectivity index (χ1) is 8.18. The van der Waals surface area contributed by atoms with Gasteiger partial charge in [-0.1, -0.05) is 12.8 Å². The largest absolute Gasteiger partial charge is 0.480 e. The summed E-state index contributed by atoms with van der Waals surface area (Å²) in [7, 11) is 0. The molecule has 1 saturated carbocycles. The SMILES string of the molecule is O=C(O)CN(c1ncc[nH]c1=O)C1CCCC1. The van der Waals surface area contributed by atoms with Crippen LogP contribution in [0, 0.1) is 0 Å². The summed E-state index contributed by atoms with van der Waals surface area (Å²) in [5, 5.41) is 8.91. The van der Waals surface area contributed by atoms with Crippen LogP contribution in [-0.4, -0.2) is 33.6 Å². The number of hydrogen-bond donors (Lipinski definition) is 2. The van der Waals surface area contributed by atoms with Crippen LogP contribution in [0.4, 0.5) is 5.82 Å². The number of aromatic amines is 1. The van der Waals surface area contributed by atoms with E-state index in [-0.39, 0.29) is 24.0 Å². The predicted molar refractivity (Wildman–Crippen MR) is 62.1 cm³/mol. The third-order valence-electron chi connectivity index (χ3n) is 3.03. The fourth-order valence-electron chi connectivity index (χ4n) is 2.29. The van der Waals surface area contributed by atoms with Crippen molar-refractivity contribution in [1.82, 2.24) is 9.97 Å². The van der Waals surface area contributed by atoms with Crippen molar-refractivity contribution in [1.29, 1.82) is 0 Å². The summed E-state index contributed by atoms with van der Waals surface area (Å²) >= 11 is 0. The van der Waals surface area contributed by atoms with Gasteiger partial charge in [-0.25, -0.2) is 4.98 Å². The topological polar surface area (TPSA) is 86.3 Å². The highest BCUT2D eigenvalue weighted by Gasteiger charge is 2.26. The molecule has 0 bridgehead atoms. The van der Waals surface area contributed by atoms with Gasteiger partial charge in [0.15, 0.2) is 5.82 Å². The van der Waals surface area contributed by atoms with Crippen molar-refractivity contribution in [2.75, 3.05) is 11.4 Å². The van der Waals surface area contributed by atoms with Gasteiger partial charge in [0.25, 0.3) is 5.56 Å². The van der Waals surface area contributed by atoms with E-state index in [0.29, 0.717) is 0 Å². The number of aliphatic carboxylic acids is 1. The molecule has 1 aliphatic rings. The van der Waals surface area contributed by atoms with Crippen molar-refractivity contribution in [3.63, 3.8) is 0 Å². The molecule has 1 heterocycles. The Morgan fingerprint density at radius 2 is 2.24 bits per heavy atom. The Morgan fingerprint density at radius 1 is 1.53 bits per heavy atom. The zero-order valence-electron chi connectivity index (χ0n) is 9.43. The van der Waals surface area contributed by atoms with Crippen LogP contribution in [0.15, 0.2) is 17.2 Å². The first-order valence-electron chi connectivity index (χ1n) is 5.70. The van der Waals surface area contributed by atoms with Gasteiger partial charge in [0.05, 0.1) is 0 Å². The lowest BCUT2D eigenvalue weighted by molar-refractivity contribution is -0.135. The van der Waals surface area contributed by atoms with Gasteiger partial charge in [0.2, 0.25) is 0 Å². The summed E-state index contributed by atoms with van der Waals surface area (Å²) in [6.07, 6.45) is 6.91. The summed E-state index contributed by atoms with van der Waals surface area (Å²) in [5.41, 5.74) is -0.333. The number of nitrogens with zero attached hydrogens (tertiary/aromatic N) is 2. The molecule has 92 valence electrons. The van der Waals surface area contributed by atoms with Gasteiger partial charge in [-0.3, -0.25) is 9.59 Å². The lowest BCUT2D eigenvalue weighted by Crippen LogP contribution is -2.41. The van der Waals surface area contributed by atoms with E-state index in [1.807, 2.05) is 0 Å². The molecule has 0 unspecified atom stereocenters. The van der Waals surface area contributed by atoms with E-state index < -0.39 is 5.97 Å². The van der Waals surface area contributed by atoms with Crippen LogP contribution in [0.25, 0.3) is 0 Å². The molecule has 0 radical (unpaired) electrons. The lowest BCUT2D eigenvalue weighted by atomic mass is 10.2. The van der Waals surface area contributed by atoms with Crippen molar-refractivity contribution in [3.05, 3.63) is 22.7 Å². The fraction of sp³-hybridized carbons (Fsp3) is 0.545. The molecule has 0 saturated heterocycles. The molecule has 17 heavy (non-hydrogen) atoms. The number of anilines is 1. The Morgan fingerprint density at radius 3 is 2.82 bits per heavy atom. The Labute approximate surface area is 98.3 Å². The van der Waals surface area contributed by atoms with Crippen LogP contribution in [0.3, 0.4) is 0 Å². The van der Waals surface area contributed by atoms with E-state index in [0.717, 1.165) is 25.7 Å². The highest BCUT2D eigenvalue weighted by molar-refractivity contribution is 5.73. The minimum Gasteiger partial charge on any atom is -0.480 e. The van der Waals surface area contributed by atoms with Crippen LogP contribution >= 0.6 is 0 Å². The lowest BCUT2D eigenvalue weighted by Gasteiger charge is -2.27. The number of nitrogens with one attached hydrogen (secondary N) is 1. The van der Waals surface area contributed by atoms with Crippen LogP contribution < -0.4 is 10.5 Å². The third-order valence-corrected chi connectivity index (χ3v) is 3.03. The Bertz CT molecular complexity index is 451. The van der Waals surface area contributed by atoms with Gasteiger partial charge in [-0.05, 0) is 12.8 Å². The third kappa shape index (κ3) is 2.64. The summed E-state index contributed by atoms with van der Waals surface area (Å²) in [5.74, 6) is -0.733. The van der Waals surface area contributed by atoms with Gasteiger partial charge in [-0.15, -0.1) is 0 Å². The summed E-state index contributed by atoms with van der Waals surface area (Å²) in [6, 6.07) is 0.113. The molecule has 0 atom stereocenters. The highest BCUT2D eigenvalue weighted by Crippen LogP contribution is 2.25. The van der Waals surface area contributed by atoms with Crippen molar-refractivity contribution < 1.29 is 9.90 Å².